The zero-order valence-electron chi connectivity index (χ0n) is 22.8. The molecule has 1 saturated carbocycles. The van der Waals surface area contributed by atoms with Crippen LogP contribution in [-0.2, 0) is 20.8 Å². The number of nitrogens with one attached hydrogen (secondary N) is 3. The fraction of sp³-hybridized carbons (Fsp3) is 0.433. The van der Waals surface area contributed by atoms with Gasteiger partial charge in [-0.05, 0) is 73.4 Å². The molecule has 2 aromatic rings. The second kappa shape index (κ2) is 13.5. The van der Waals surface area contributed by atoms with Gasteiger partial charge in [-0.25, -0.2) is 0 Å². The molecule has 0 spiro atoms. The Morgan fingerprint density at radius 2 is 1.77 bits per heavy atom. The number of hydrogen-bond acceptors (Lipinski definition) is 5. The maximum atomic E-state index is 13.5. The third kappa shape index (κ3) is 7.36. The minimum Gasteiger partial charge on any atom is -0.492 e. The van der Waals surface area contributed by atoms with E-state index in [2.05, 4.69) is 22.5 Å². The number of amides is 3. The minimum atomic E-state index is -1.08. The van der Waals surface area contributed by atoms with Crippen molar-refractivity contribution in [3.63, 3.8) is 0 Å². The number of ether oxygens (including phenoxy) is 1. The number of nitrogens with zero attached hydrogens (tertiary/aromatic N) is 1. The lowest BCUT2D eigenvalue weighted by Gasteiger charge is -2.30. The van der Waals surface area contributed by atoms with E-state index in [0.717, 1.165) is 24.2 Å². The molecule has 1 heterocycles. The Hall–Kier alpha value is -3.07. The molecule has 0 aromatic heterocycles. The largest absolute Gasteiger partial charge is 0.492 e. The first-order valence-corrected chi connectivity index (χ1v) is 14.4. The van der Waals surface area contributed by atoms with Crippen molar-refractivity contribution >= 4 is 46.5 Å². The highest BCUT2D eigenvalue weighted by atomic mass is 35.5. The monoisotopic (exact) mass is 586 g/mol. The molecule has 0 radical (unpaired) electrons. The maximum absolute atomic E-state index is 13.5. The number of carbonyl (C=O) groups excluding carboxylic acids is 3. The number of aryl methyl sites for hydroxylation is 1. The number of rotatable bonds is 3. The van der Waals surface area contributed by atoms with E-state index in [4.69, 9.17) is 27.9 Å². The second-order valence-electron chi connectivity index (χ2n) is 10.3. The molecule has 214 valence electrons. The summed E-state index contributed by atoms with van der Waals surface area (Å²) in [5, 5.41) is 9.77. The van der Waals surface area contributed by atoms with Crippen LogP contribution in [0.15, 0.2) is 49.0 Å². The fourth-order valence-electron chi connectivity index (χ4n) is 4.73. The molecule has 0 bridgehead atoms. The summed E-state index contributed by atoms with van der Waals surface area (Å²) in [6, 6.07) is 10.4. The lowest BCUT2D eigenvalue weighted by Crippen LogP contribution is -2.56. The van der Waals surface area contributed by atoms with Crippen LogP contribution in [0.5, 0.6) is 5.75 Å². The zero-order chi connectivity index (χ0) is 28.8. The number of likely N-dealkylation sites (N-methyl/N-ethyl adjacent to an activating group) is 1. The molecule has 10 heteroatoms. The van der Waals surface area contributed by atoms with E-state index in [9.17, 15) is 14.4 Å². The fourth-order valence-corrected chi connectivity index (χ4v) is 5.02. The van der Waals surface area contributed by atoms with Crippen LogP contribution in [0.25, 0.3) is 5.57 Å². The summed E-state index contributed by atoms with van der Waals surface area (Å²) in [6.07, 6.45) is 3.27. The quantitative estimate of drug-likeness (QED) is 0.507. The van der Waals surface area contributed by atoms with E-state index in [-0.39, 0.29) is 11.8 Å². The molecule has 0 unspecified atom stereocenters. The average molecular weight is 588 g/mol. The first-order valence-electron chi connectivity index (χ1n) is 13.6. The highest BCUT2D eigenvalue weighted by Gasteiger charge is 2.39. The molecule has 3 amide bonds. The molecule has 0 saturated heterocycles. The third-order valence-electron chi connectivity index (χ3n) is 7.47. The van der Waals surface area contributed by atoms with Crippen molar-refractivity contribution in [1.82, 2.24) is 20.9 Å². The zero-order valence-corrected chi connectivity index (χ0v) is 24.4. The van der Waals surface area contributed by atoms with E-state index < -0.39 is 29.9 Å². The minimum absolute atomic E-state index is 0.170. The lowest BCUT2D eigenvalue weighted by molar-refractivity contribution is -0.140. The van der Waals surface area contributed by atoms with Crippen molar-refractivity contribution in [1.29, 1.82) is 0 Å². The van der Waals surface area contributed by atoms with Crippen LogP contribution >= 0.6 is 23.2 Å². The molecular formula is C30H36Cl2N4O4. The standard InChI is InChI=1S/C30H36Cl2N4O4/c1-18(22-12-13-23(31)24(32)17-22)26-29(38)34-14-6-8-20-7-4-5-9-25(20)40-16-15-33-27(21-10-11-21)30(39)36(3)19(2)28(37)35-26/h4-5,7,9,12-13,17,19,21,26-27,33H,1,6,8,10-11,14-16H2,2-3H3,(H,34,38)(H,35,37)/t19-,26-,27+/m1/s1. The molecule has 40 heavy (non-hydrogen) atoms. The summed E-state index contributed by atoms with van der Waals surface area (Å²) < 4.78 is 6.05. The number of para-hydroxylation sites is 1. The van der Waals surface area contributed by atoms with Crippen LogP contribution in [0.2, 0.25) is 10.0 Å². The van der Waals surface area contributed by atoms with Gasteiger partial charge in [0.2, 0.25) is 17.7 Å². The predicted molar refractivity (Wildman–Crippen MR) is 157 cm³/mol. The van der Waals surface area contributed by atoms with Gasteiger partial charge >= 0.3 is 0 Å². The van der Waals surface area contributed by atoms with Gasteiger partial charge < -0.3 is 25.6 Å². The first kappa shape index (κ1) is 29.9. The Bertz CT molecular complexity index is 1270. The summed E-state index contributed by atoms with van der Waals surface area (Å²) in [4.78, 5) is 41.7. The highest BCUT2D eigenvalue weighted by molar-refractivity contribution is 6.42. The Kier molecular flexibility index (Phi) is 10.1. The maximum Gasteiger partial charge on any atom is 0.247 e. The second-order valence-corrected chi connectivity index (χ2v) is 11.2. The smallest absolute Gasteiger partial charge is 0.247 e. The first-order chi connectivity index (χ1) is 19.2. The number of fused-ring (bicyclic) bond motifs is 1. The molecule has 1 aliphatic heterocycles. The molecule has 2 aromatic carbocycles. The molecule has 3 N–H and O–H groups in total. The lowest BCUT2D eigenvalue weighted by atomic mass is 9.98. The number of carbonyl (C=O) groups is 3. The van der Waals surface area contributed by atoms with Gasteiger partial charge in [-0.3, -0.25) is 14.4 Å². The van der Waals surface area contributed by atoms with Crippen molar-refractivity contribution in [2.24, 2.45) is 5.92 Å². The van der Waals surface area contributed by atoms with Crippen molar-refractivity contribution < 1.29 is 19.1 Å². The van der Waals surface area contributed by atoms with Crippen molar-refractivity contribution in [2.45, 2.75) is 50.7 Å². The summed E-state index contributed by atoms with van der Waals surface area (Å²) in [5.41, 5.74) is 1.96. The molecule has 1 fully saturated rings. The van der Waals surface area contributed by atoms with E-state index in [1.54, 1.807) is 32.2 Å². The molecule has 1 aliphatic carbocycles. The Morgan fingerprint density at radius 3 is 2.50 bits per heavy atom. The SMILES string of the molecule is C=C(c1ccc(Cl)c(Cl)c1)[C@H]1NC(=O)[C@@H](C)N(C)C(=O)[C@H](C2CC2)NCCOc2ccccc2CCCNC1=O. The summed E-state index contributed by atoms with van der Waals surface area (Å²) in [5.74, 6) is -0.0409. The van der Waals surface area contributed by atoms with Crippen LogP contribution < -0.4 is 20.7 Å². The van der Waals surface area contributed by atoms with Gasteiger partial charge in [-0.1, -0.05) is 54.0 Å². The van der Waals surface area contributed by atoms with Gasteiger partial charge in [0.05, 0.1) is 16.1 Å². The van der Waals surface area contributed by atoms with Gasteiger partial charge in [-0.15, -0.1) is 0 Å². The van der Waals surface area contributed by atoms with Crippen molar-refractivity contribution in [3.05, 3.63) is 70.2 Å². The van der Waals surface area contributed by atoms with Crippen LogP contribution in [0.4, 0.5) is 0 Å². The molecule has 8 nitrogen and oxygen atoms in total. The van der Waals surface area contributed by atoms with Gasteiger partial charge in [0.15, 0.2) is 0 Å². The number of hydrogen-bond donors (Lipinski definition) is 3. The van der Waals surface area contributed by atoms with Gasteiger partial charge in [0.25, 0.3) is 0 Å². The Labute approximate surface area is 245 Å². The van der Waals surface area contributed by atoms with E-state index >= 15 is 0 Å². The summed E-state index contributed by atoms with van der Waals surface area (Å²) in [7, 11) is 1.61. The highest BCUT2D eigenvalue weighted by Crippen LogP contribution is 2.33. The van der Waals surface area contributed by atoms with Crippen LogP contribution in [-0.4, -0.2) is 67.5 Å². The van der Waals surface area contributed by atoms with Gasteiger partial charge in [0.1, 0.15) is 24.4 Å². The van der Waals surface area contributed by atoms with E-state index in [1.165, 1.54) is 4.90 Å². The van der Waals surface area contributed by atoms with E-state index in [0.29, 0.717) is 53.7 Å². The molecule has 4 rings (SSSR count). The Morgan fingerprint density at radius 1 is 1.02 bits per heavy atom. The average Bonchev–Trinajstić information content (AvgIpc) is 3.79. The van der Waals surface area contributed by atoms with Crippen LogP contribution in [0.3, 0.4) is 0 Å². The number of benzene rings is 2. The molecular weight excluding hydrogens is 551 g/mol. The normalized spacial score (nSPS) is 23.6. The van der Waals surface area contributed by atoms with Gasteiger partial charge in [0, 0.05) is 20.1 Å². The van der Waals surface area contributed by atoms with Crippen molar-refractivity contribution in [3.8, 4) is 5.75 Å². The topological polar surface area (TPSA) is 99.8 Å². The predicted octanol–water partition coefficient (Wildman–Crippen LogP) is 3.85. The molecule has 3 atom stereocenters. The van der Waals surface area contributed by atoms with Gasteiger partial charge in [-0.2, -0.15) is 0 Å². The summed E-state index contributed by atoms with van der Waals surface area (Å²) >= 11 is 12.3. The Balaban J connectivity index is 1.59. The van der Waals surface area contributed by atoms with Crippen LogP contribution in [0.1, 0.15) is 37.3 Å². The van der Waals surface area contributed by atoms with E-state index in [1.807, 2.05) is 24.3 Å². The summed E-state index contributed by atoms with van der Waals surface area (Å²) in [6.45, 7) is 7.03. The van der Waals surface area contributed by atoms with Crippen molar-refractivity contribution in [2.75, 3.05) is 26.7 Å². The van der Waals surface area contributed by atoms with Crippen LogP contribution in [0, 0.1) is 5.92 Å². The molecule has 2 aliphatic rings. The third-order valence-corrected chi connectivity index (χ3v) is 8.21. The number of halogens is 2.